The lowest BCUT2D eigenvalue weighted by atomic mass is 9.82. The molecule has 6 aromatic rings. The van der Waals surface area contributed by atoms with Gasteiger partial charge in [-0.3, -0.25) is 4.57 Å². The van der Waals surface area contributed by atoms with Crippen LogP contribution in [0, 0.1) is 0 Å². The van der Waals surface area contributed by atoms with E-state index in [9.17, 15) is 0 Å². The molecule has 8 rings (SSSR count). The summed E-state index contributed by atoms with van der Waals surface area (Å²) < 4.78 is 2.36. The van der Waals surface area contributed by atoms with E-state index in [1.807, 2.05) is 6.21 Å². The number of hydrogen-bond donors (Lipinski definition) is 0. The summed E-state index contributed by atoms with van der Waals surface area (Å²) in [5.74, 6) is 1.76. The van der Waals surface area contributed by atoms with Crippen LogP contribution < -0.4 is 0 Å². The molecule has 1 aliphatic heterocycles. The summed E-state index contributed by atoms with van der Waals surface area (Å²) >= 11 is 0. The fraction of sp³-hybridized carbons (Fsp3) is 0.125. The number of aliphatic imine (C=N–C) groups is 1. The van der Waals surface area contributed by atoms with Gasteiger partial charge in [0.05, 0.1) is 11.0 Å². The molecule has 0 unspecified atom stereocenters. The molecule has 2 aromatic heterocycles. The Morgan fingerprint density at radius 2 is 1.60 bits per heavy atom. The Kier molecular flexibility index (Phi) is 3.52. The molecule has 0 atom stereocenters. The smallest absolute Gasteiger partial charge is 0.157 e. The first-order valence-corrected chi connectivity index (χ1v) is 12.2. The summed E-state index contributed by atoms with van der Waals surface area (Å²) in [6.45, 7) is 4.69. The van der Waals surface area contributed by atoms with E-state index in [2.05, 4.69) is 108 Å². The predicted molar refractivity (Wildman–Crippen MR) is 146 cm³/mol. The Hall–Kier alpha value is -4.24. The molecule has 1 aliphatic carbocycles. The van der Waals surface area contributed by atoms with E-state index in [4.69, 9.17) is 4.98 Å². The third-order valence-electron chi connectivity index (χ3n) is 8.06. The zero-order valence-electron chi connectivity index (χ0n) is 19.7. The van der Waals surface area contributed by atoms with Gasteiger partial charge in [0.1, 0.15) is 5.82 Å². The van der Waals surface area contributed by atoms with Crippen molar-refractivity contribution in [3.05, 3.63) is 102 Å². The maximum absolute atomic E-state index is 5.03. The highest BCUT2D eigenvalue weighted by Gasteiger charge is 2.37. The number of aromatic nitrogens is 2. The van der Waals surface area contributed by atoms with Gasteiger partial charge >= 0.3 is 0 Å². The molecular formula is C32H23N3. The highest BCUT2D eigenvalue weighted by atomic mass is 15.1. The van der Waals surface area contributed by atoms with Crippen molar-refractivity contribution in [2.45, 2.75) is 25.7 Å². The van der Waals surface area contributed by atoms with Gasteiger partial charge in [-0.05, 0) is 39.8 Å². The zero-order chi connectivity index (χ0) is 23.3. The number of benzene rings is 4. The van der Waals surface area contributed by atoms with Crippen LogP contribution in [0.2, 0.25) is 0 Å². The van der Waals surface area contributed by atoms with E-state index in [1.165, 1.54) is 60.4 Å². The number of nitrogens with zero attached hydrogens (tertiary/aromatic N) is 3. The number of para-hydroxylation sites is 1. The first-order chi connectivity index (χ1) is 17.1. The Balaban J connectivity index is 1.61. The molecule has 166 valence electrons. The van der Waals surface area contributed by atoms with Crippen LogP contribution in [0.4, 0.5) is 5.82 Å². The Morgan fingerprint density at radius 3 is 2.54 bits per heavy atom. The quantitative estimate of drug-likeness (QED) is 0.251. The summed E-state index contributed by atoms with van der Waals surface area (Å²) in [7, 11) is 0. The van der Waals surface area contributed by atoms with Gasteiger partial charge in [0.25, 0.3) is 0 Å². The number of rotatable bonds is 1. The molecular weight excluding hydrogens is 426 g/mol. The van der Waals surface area contributed by atoms with Gasteiger partial charge in [0, 0.05) is 39.8 Å². The monoisotopic (exact) mass is 449 g/mol. The number of fused-ring (bicyclic) bond motifs is 10. The van der Waals surface area contributed by atoms with Crippen LogP contribution in [0.15, 0.2) is 89.9 Å². The summed E-state index contributed by atoms with van der Waals surface area (Å²) in [5, 5.41) is 5.07. The van der Waals surface area contributed by atoms with Crippen LogP contribution in [-0.2, 0) is 11.8 Å². The lowest BCUT2D eigenvalue weighted by molar-refractivity contribution is 0.661. The van der Waals surface area contributed by atoms with E-state index in [1.54, 1.807) is 0 Å². The van der Waals surface area contributed by atoms with Crippen LogP contribution in [-0.4, -0.2) is 15.8 Å². The van der Waals surface area contributed by atoms with Gasteiger partial charge in [0.2, 0.25) is 0 Å². The van der Waals surface area contributed by atoms with Gasteiger partial charge < -0.3 is 0 Å². The van der Waals surface area contributed by atoms with Crippen LogP contribution in [0.3, 0.4) is 0 Å². The average Bonchev–Trinajstić information content (AvgIpc) is 3.55. The minimum absolute atomic E-state index is 0.0420. The van der Waals surface area contributed by atoms with Crippen molar-refractivity contribution < 1.29 is 0 Å². The number of hydrogen-bond acceptors (Lipinski definition) is 2. The van der Waals surface area contributed by atoms with Crippen molar-refractivity contribution in [1.29, 1.82) is 0 Å². The second-order valence-corrected chi connectivity index (χ2v) is 10.2. The topological polar surface area (TPSA) is 30.2 Å². The molecule has 2 aliphatic rings. The Morgan fingerprint density at radius 1 is 0.771 bits per heavy atom. The van der Waals surface area contributed by atoms with E-state index in [0.717, 1.165) is 18.1 Å². The maximum Gasteiger partial charge on any atom is 0.157 e. The summed E-state index contributed by atoms with van der Waals surface area (Å²) in [6.07, 6.45) is 2.81. The van der Waals surface area contributed by atoms with Crippen LogP contribution in [0.25, 0.3) is 49.5 Å². The number of pyridine rings is 1. The van der Waals surface area contributed by atoms with Crippen molar-refractivity contribution in [1.82, 2.24) is 9.55 Å². The van der Waals surface area contributed by atoms with Crippen LogP contribution >= 0.6 is 0 Å². The van der Waals surface area contributed by atoms with Gasteiger partial charge in [-0.25, -0.2) is 9.98 Å². The highest BCUT2D eigenvalue weighted by molar-refractivity contribution is 6.23. The first-order valence-electron chi connectivity index (χ1n) is 12.2. The second-order valence-electron chi connectivity index (χ2n) is 10.2. The standard InChI is InChI=1S/C32H23N3/c1-32(2)24-9-5-3-8-23(24)29-25(32)15-12-19-11-14-22-21-7-4-6-10-26(21)35(30(22)28(19)29)27-16-13-20-17-18-33-31(20)34-27/h3-16,18H,17H2,1-2H3. The van der Waals surface area contributed by atoms with Crippen LogP contribution in [0.5, 0.6) is 0 Å². The van der Waals surface area contributed by atoms with Crippen molar-refractivity contribution in [2.24, 2.45) is 4.99 Å². The predicted octanol–water partition coefficient (Wildman–Crippen LogP) is 7.90. The SMILES string of the molecule is CC1(C)c2ccccc2-c2c1ccc1ccc3c4ccccc4n(-c4ccc5c(n4)N=CC5)c3c21. The molecule has 0 saturated carbocycles. The lowest BCUT2D eigenvalue weighted by Gasteiger charge is -2.21. The average molecular weight is 450 g/mol. The molecule has 0 fully saturated rings. The van der Waals surface area contributed by atoms with Gasteiger partial charge in [-0.1, -0.05) is 86.6 Å². The van der Waals surface area contributed by atoms with Crippen molar-refractivity contribution in [3.63, 3.8) is 0 Å². The van der Waals surface area contributed by atoms with E-state index in [-0.39, 0.29) is 5.41 Å². The largest absolute Gasteiger partial charge is 0.293 e. The zero-order valence-corrected chi connectivity index (χ0v) is 19.7. The molecule has 3 heteroatoms. The minimum atomic E-state index is -0.0420. The third kappa shape index (κ3) is 2.35. The molecule has 3 nitrogen and oxygen atoms in total. The highest BCUT2D eigenvalue weighted by Crippen LogP contribution is 2.53. The van der Waals surface area contributed by atoms with Crippen molar-refractivity contribution in [2.75, 3.05) is 0 Å². The van der Waals surface area contributed by atoms with E-state index in [0.29, 0.717) is 0 Å². The normalized spacial score (nSPS) is 15.1. The molecule has 0 amide bonds. The molecule has 0 bridgehead atoms. The van der Waals surface area contributed by atoms with Crippen molar-refractivity contribution in [3.8, 4) is 16.9 Å². The summed E-state index contributed by atoms with van der Waals surface area (Å²) in [6, 6.07) is 31.1. The minimum Gasteiger partial charge on any atom is -0.293 e. The summed E-state index contributed by atoms with van der Waals surface area (Å²) in [5.41, 5.74) is 9.03. The van der Waals surface area contributed by atoms with Crippen molar-refractivity contribution >= 4 is 44.6 Å². The molecule has 0 saturated heterocycles. The lowest BCUT2D eigenvalue weighted by Crippen LogP contribution is -2.14. The maximum atomic E-state index is 5.03. The first kappa shape index (κ1) is 19.1. The fourth-order valence-corrected chi connectivity index (χ4v) is 6.39. The molecule has 0 radical (unpaired) electrons. The second kappa shape index (κ2) is 6.45. The third-order valence-corrected chi connectivity index (χ3v) is 8.06. The Labute approximate surface area is 203 Å². The van der Waals surface area contributed by atoms with Crippen LogP contribution in [0.1, 0.15) is 30.5 Å². The van der Waals surface area contributed by atoms with Gasteiger partial charge in [0.15, 0.2) is 5.82 Å². The van der Waals surface area contributed by atoms with Gasteiger partial charge in [-0.15, -0.1) is 0 Å². The molecule has 35 heavy (non-hydrogen) atoms. The van der Waals surface area contributed by atoms with Gasteiger partial charge in [-0.2, -0.15) is 0 Å². The van der Waals surface area contributed by atoms with E-state index < -0.39 is 0 Å². The summed E-state index contributed by atoms with van der Waals surface area (Å²) in [4.78, 5) is 9.58. The molecule has 3 heterocycles. The Bertz CT molecular complexity index is 1900. The molecule has 0 spiro atoms. The van der Waals surface area contributed by atoms with E-state index >= 15 is 0 Å². The molecule has 4 aromatic carbocycles. The fourth-order valence-electron chi connectivity index (χ4n) is 6.39. The molecule has 0 N–H and O–H groups in total.